The van der Waals surface area contributed by atoms with Crippen molar-refractivity contribution in [3.63, 3.8) is 0 Å². The zero-order valence-electron chi connectivity index (χ0n) is 12.3. The molecule has 1 unspecified atom stereocenters. The van der Waals surface area contributed by atoms with Gasteiger partial charge in [0.25, 0.3) is 0 Å². The molecule has 0 aliphatic heterocycles. The number of hydrogen-bond donors (Lipinski definition) is 2. The summed E-state index contributed by atoms with van der Waals surface area (Å²) in [4.78, 5) is 0.375. The Hall–Kier alpha value is -1.37. The molecule has 5 nitrogen and oxygen atoms in total. The van der Waals surface area contributed by atoms with E-state index >= 15 is 0 Å². The van der Waals surface area contributed by atoms with Crippen molar-refractivity contribution in [2.75, 3.05) is 6.54 Å². The number of aromatic nitrogens is 1. The summed E-state index contributed by atoms with van der Waals surface area (Å²) < 4.78 is 30.3. The highest BCUT2D eigenvalue weighted by Gasteiger charge is 2.35. The number of aryl methyl sites for hydroxylation is 1. The molecule has 0 spiro atoms. The van der Waals surface area contributed by atoms with E-state index in [1.54, 1.807) is 0 Å². The second-order valence-electron chi connectivity index (χ2n) is 5.79. The number of para-hydroxylation sites is 1. The SMILES string of the molecule is Cc1c(S(=O)(=O)NC(CN)C2CC2)c2ccccc2n1C. The number of benzene rings is 1. The molecule has 21 heavy (non-hydrogen) atoms. The molecule has 1 aromatic heterocycles. The molecule has 1 aliphatic rings. The van der Waals surface area contributed by atoms with Crippen molar-refractivity contribution in [3.05, 3.63) is 30.0 Å². The van der Waals surface area contributed by atoms with Crippen molar-refractivity contribution >= 4 is 20.9 Å². The third-order valence-electron chi connectivity index (χ3n) is 4.36. The summed E-state index contributed by atoms with van der Waals surface area (Å²) in [6.07, 6.45) is 2.11. The van der Waals surface area contributed by atoms with E-state index in [-0.39, 0.29) is 6.04 Å². The van der Waals surface area contributed by atoms with E-state index in [4.69, 9.17) is 5.73 Å². The first kappa shape index (κ1) is 14.6. The van der Waals surface area contributed by atoms with Crippen LogP contribution in [0, 0.1) is 12.8 Å². The first-order valence-corrected chi connectivity index (χ1v) is 8.70. The van der Waals surface area contributed by atoms with Gasteiger partial charge in [-0.1, -0.05) is 18.2 Å². The summed E-state index contributed by atoms with van der Waals surface area (Å²) in [7, 11) is -1.68. The molecule has 1 atom stereocenters. The minimum atomic E-state index is -3.56. The number of fused-ring (bicyclic) bond motifs is 1. The van der Waals surface area contributed by atoms with Gasteiger partial charge in [0, 0.05) is 36.2 Å². The highest BCUT2D eigenvalue weighted by atomic mass is 32.2. The number of sulfonamides is 1. The van der Waals surface area contributed by atoms with Crippen LogP contribution in [0.25, 0.3) is 10.9 Å². The van der Waals surface area contributed by atoms with Crippen LogP contribution in [0.5, 0.6) is 0 Å². The summed E-state index contributed by atoms with van der Waals surface area (Å²) >= 11 is 0. The number of nitrogens with one attached hydrogen (secondary N) is 1. The minimum Gasteiger partial charge on any atom is -0.347 e. The van der Waals surface area contributed by atoms with Gasteiger partial charge in [0.2, 0.25) is 10.0 Å². The monoisotopic (exact) mass is 307 g/mol. The van der Waals surface area contributed by atoms with Crippen molar-refractivity contribution in [1.82, 2.24) is 9.29 Å². The number of nitrogens with zero attached hydrogens (tertiary/aromatic N) is 1. The van der Waals surface area contributed by atoms with E-state index < -0.39 is 10.0 Å². The third-order valence-corrected chi connectivity index (χ3v) is 6.03. The van der Waals surface area contributed by atoms with Crippen molar-refractivity contribution in [2.45, 2.75) is 30.7 Å². The Labute approximate surface area is 125 Å². The first-order chi connectivity index (χ1) is 9.95. The third kappa shape index (κ3) is 2.47. The minimum absolute atomic E-state index is 0.159. The average Bonchev–Trinajstić information content (AvgIpc) is 3.25. The van der Waals surface area contributed by atoms with E-state index in [9.17, 15) is 8.42 Å². The Morgan fingerprint density at radius 3 is 2.67 bits per heavy atom. The smallest absolute Gasteiger partial charge is 0.243 e. The summed E-state index contributed by atoms with van der Waals surface area (Å²) in [5.41, 5.74) is 7.39. The predicted octanol–water partition coefficient (Wildman–Crippen LogP) is 1.50. The summed E-state index contributed by atoms with van der Waals surface area (Å²) in [6, 6.07) is 7.41. The second-order valence-corrected chi connectivity index (χ2v) is 7.44. The van der Waals surface area contributed by atoms with Crippen molar-refractivity contribution in [1.29, 1.82) is 0 Å². The van der Waals surface area contributed by atoms with Crippen LogP contribution < -0.4 is 10.5 Å². The molecule has 1 aromatic carbocycles. The molecule has 3 rings (SSSR count). The van der Waals surface area contributed by atoms with Gasteiger partial charge in [0.05, 0.1) is 0 Å². The van der Waals surface area contributed by atoms with E-state index in [0.717, 1.165) is 29.4 Å². The molecule has 6 heteroatoms. The second kappa shape index (κ2) is 5.12. The Bertz CT molecular complexity index is 776. The molecular formula is C15H21N3O2S. The van der Waals surface area contributed by atoms with Crippen LogP contribution in [0.3, 0.4) is 0 Å². The average molecular weight is 307 g/mol. The fourth-order valence-corrected chi connectivity index (χ4v) is 4.71. The van der Waals surface area contributed by atoms with Gasteiger partial charge in [-0.05, 0) is 31.7 Å². The van der Waals surface area contributed by atoms with Gasteiger partial charge in [-0.2, -0.15) is 0 Å². The Balaban J connectivity index is 2.08. The maximum atomic E-state index is 12.8. The van der Waals surface area contributed by atoms with Crippen LogP contribution in [0.15, 0.2) is 29.2 Å². The van der Waals surface area contributed by atoms with Crippen molar-refractivity contribution in [2.24, 2.45) is 18.7 Å². The molecule has 114 valence electrons. The standard InChI is InChI=1S/C15H21N3O2S/c1-10-15(12-5-3-4-6-14(12)18(10)2)21(19,20)17-13(9-16)11-7-8-11/h3-6,11,13,17H,7-9,16H2,1-2H3. The molecule has 0 bridgehead atoms. The molecule has 1 aliphatic carbocycles. The maximum Gasteiger partial charge on any atom is 0.243 e. The highest BCUT2D eigenvalue weighted by Crippen LogP contribution is 2.34. The van der Waals surface area contributed by atoms with Crippen LogP contribution in [-0.2, 0) is 17.1 Å². The summed E-state index contributed by atoms with van der Waals surface area (Å²) in [5, 5.41) is 0.761. The lowest BCUT2D eigenvalue weighted by molar-refractivity contribution is 0.519. The van der Waals surface area contributed by atoms with Gasteiger partial charge in [-0.15, -0.1) is 0 Å². The lowest BCUT2D eigenvalue weighted by Crippen LogP contribution is -2.41. The molecule has 3 N–H and O–H groups in total. The largest absolute Gasteiger partial charge is 0.347 e. The summed E-state index contributed by atoms with van der Waals surface area (Å²) in [5.74, 6) is 0.389. The van der Waals surface area contributed by atoms with Crippen LogP contribution in [0.2, 0.25) is 0 Å². The summed E-state index contributed by atoms with van der Waals surface area (Å²) in [6.45, 7) is 2.18. The molecule has 1 saturated carbocycles. The number of hydrogen-bond acceptors (Lipinski definition) is 3. The quantitative estimate of drug-likeness (QED) is 0.879. The van der Waals surface area contributed by atoms with Crippen LogP contribution in [0.1, 0.15) is 18.5 Å². The van der Waals surface area contributed by atoms with E-state index in [1.807, 2.05) is 42.8 Å². The van der Waals surface area contributed by atoms with Crippen molar-refractivity contribution < 1.29 is 8.42 Å². The van der Waals surface area contributed by atoms with E-state index in [2.05, 4.69) is 4.72 Å². The van der Waals surface area contributed by atoms with Gasteiger partial charge >= 0.3 is 0 Å². The maximum absolute atomic E-state index is 12.8. The fraction of sp³-hybridized carbons (Fsp3) is 0.467. The van der Waals surface area contributed by atoms with Crippen molar-refractivity contribution in [3.8, 4) is 0 Å². The molecule has 1 fully saturated rings. The van der Waals surface area contributed by atoms with E-state index in [0.29, 0.717) is 17.4 Å². The topological polar surface area (TPSA) is 77.1 Å². The first-order valence-electron chi connectivity index (χ1n) is 7.22. The zero-order chi connectivity index (χ0) is 15.2. The highest BCUT2D eigenvalue weighted by molar-refractivity contribution is 7.89. The zero-order valence-corrected chi connectivity index (χ0v) is 13.2. The molecule has 0 saturated heterocycles. The van der Waals surface area contributed by atoms with Gasteiger partial charge in [0.1, 0.15) is 4.90 Å². The molecule has 0 amide bonds. The van der Waals surface area contributed by atoms with Gasteiger partial charge in [-0.25, -0.2) is 13.1 Å². The molecular weight excluding hydrogens is 286 g/mol. The molecule has 0 radical (unpaired) electrons. The van der Waals surface area contributed by atoms with Crippen LogP contribution >= 0.6 is 0 Å². The Morgan fingerprint density at radius 2 is 2.05 bits per heavy atom. The lowest BCUT2D eigenvalue weighted by Gasteiger charge is -2.16. The lowest BCUT2D eigenvalue weighted by atomic mass is 10.2. The van der Waals surface area contributed by atoms with Crippen LogP contribution in [0.4, 0.5) is 0 Å². The van der Waals surface area contributed by atoms with Gasteiger partial charge in [-0.3, -0.25) is 0 Å². The Kier molecular flexibility index (Phi) is 3.55. The molecule has 1 heterocycles. The fourth-order valence-electron chi connectivity index (χ4n) is 2.92. The predicted molar refractivity (Wildman–Crippen MR) is 83.5 cm³/mol. The number of rotatable bonds is 5. The van der Waals surface area contributed by atoms with E-state index in [1.165, 1.54) is 0 Å². The molecule has 2 aromatic rings. The van der Waals surface area contributed by atoms with Gasteiger partial charge in [0.15, 0.2) is 0 Å². The normalized spacial score (nSPS) is 17.3. The van der Waals surface area contributed by atoms with Crippen LogP contribution in [-0.4, -0.2) is 25.6 Å². The Morgan fingerprint density at radius 1 is 1.38 bits per heavy atom. The number of nitrogens with two attached hydrogens (primary N) is 1. The van der Waals surface area contributed by atoms with Gasteiger partial charge < -0.3 is 10.3 Å².